The van der Waals surface area contributed by atoms with Crippen LogP contribution in [0.2, 0.25) is 0 Å². The SMILES string of the molecule is C[C@H]1C[C@H](C)CN(S(=O)(=O)c2ccc(N3CCCC3)c([N+](=O)[O-])c2)C1. The van der Waals surface area contributed by atoms with Crippen LogP contribution in [0.25, 0.3) is 0 Å². The number of benzene rings is 1. The highest BCUT2D eigenvalue weighted by Crippen LogP contribution is 2.34. The van der Waals surface area contributed by atoms with Crippen LogP contribution in [0.15, 0.2) is 23.1 Å². The van der Waals surface area contributed by atoms with E-state index in [0.29, 0.717) is 18.8 Å². The molecule has 8 heteroatoms. The molecule has 0 N–H and O–H groups in total. The van der Waals surface area contributed by atoms with Crippen molar-refractivity contribution in [3.63, 3.8) is 0 Å². The first-order chi connectivity index (χ1) is 11.8. The lowest BCUT2D eigenvalue weighted by molar-refractivity contribution is -0.384. The van der Waals surface area contributed by atoms with Gasteiger partial charge in [-0.15, -0.1) is 0 Å². The summed E-state index contributed by atoms with van der Waals surface area (Å²) < 4.78 is 27.4. The van der Waals surface area contributed by atoms with Crippen molar-refractivity contribution in [2.75, 3.05) is 31.1 Å². The second kappa shape index (κ2) is 6.92. The Hall–Kier alpha value is -1.67. The van der Waals surface area contributed by atoms with Gasteiger partial charge in [-0.3, -0.25) is 10.1 Å². The molecule has 1 aromatic carbocycles. The van der Waals surface area contributed by atoms with Crippen molar-refractivity contribution < 1.29 is 13.3 Å². The number of anilines is 1. The van der Waals surface area contributed by atoms with E-state index in [0.717, 1.165) is 32.4 Å². The fourth-order valence-electron chi connectivity index (χ4n) is 3.99. The van der Waals surface area contributed by atoms with E-state index in [4.69, 9.17) is 0 Å². The Kier molecular flexibility index (Phi) is 5.02. The Morgan fingerprint density at radius 2 is 1.72 bits per heavy atom. The standard InChI is InChI=1S/C17H25N3O4S/c1-13-9-14(2)12-19(11-13)25(23,24)15-5-6-16(17(10-15)20(21)22)18-7-3-4-8-18/h5-6,10,13-14H,3-4,7-9,11-12H2,1-2H3/t13-,14-/m0/s1. The van der Waals surface area contributed by atoms with Crippen molar-refractivity contribution in [3.8, 4) is 0 Å². The summed E-state index contributed by atoms with van der Waals surface area (Å²) >= 11 is 0. The summed E-state index contributed by atoms with van der Waals surface area (Å²) in [6.07, 6.45) is 3.00. The van der Waals surface area contributed by atoms with Crippen LogP contribution in [0.3, 0.4) is 0 Å². The highest BCUT2D eigenvalue weighted by Gasteiger charge is 2.33. The molecule has 0 aliphatic carbocycles. The number of hydrogen-bond acceptors (Lipinski definition) is 5. The van der Waals surface area contributed by atoms with Crippen molar-refractivity contribution >= 4 is 21.4 Å². The maximum atomic E-state index is 13.0. The summed E-state index contributed by atoms with van der Waals surface area (Å²) in [4.78, 5) is 13.0. The Bertz CT molecular complexity index is 749. The lowest BCUT2D eigenvalue weighted by atomic mass is 9.94. The first-order valence-corrected chi connectivity index (χ1v) is 10.3. The molecule has 2 aliphatic rings. The van der Waals surface area contributed by atoms with E-state index in [1.165, 1.54) is 16.4 Å². The van der Waals surface area contributed by atoms with Gasteiger partial charge in [-0.1, -0.05) is 13.8 Å². The normalized spacial score (nSPS) is 25.3. The number of hydrogen-bond donors (Lipinski definition) is 0. The number of nitro groups is 1. The van der Waals surface area contributed by atoms with E-state index in [2.05, 4.69) is 0 Å². The average molecular weight is 367 g/mol. The van der Waals surface area contributed by atoms with Crippen molar-refractivity contribution in [1.29, 1.82) is 0 Å². The van der Waals surface area contributed by atoms with Crippen molar-refractivity contribution in [2.45, 2.75) is 38.0 Å². The molecule has 2 fully saturated rings. The van der Waals surface area contributed by atoms with Gasteiger partial charge in [-0.2, -0.15) is 4.31 Å². The smallest absolute Gasteiger partial charge is 0.293 e. The molecule has 138 valence electrons. The van der Waals surface area contributed by atoms with Crippen molar-refractivity contribution in [2.24, 2.45) is 11.8 Å². The number of piperidine rings is 1. The maximum absolute atomic E-state index is 13.0. The third-order valence-corrected chi connectivity index (χ3v) is 6.89. The molecule has 0 unspecified atom stereocenters. The van der Waals surface area contributed by atoms with Crippen molar-refractivity contribution in [1.82, 2.24) is 4.31 Å². The van der Waals surface area contributed by atoms with E-state index in [1.54, 1.807) is 6.07 Å². The Balaban J connectivity index is 1.96. The van der Waals surface area contributed by atoms with Gasteiger partial charge >= 0.3 is 0 Å². The topological polar surface area (TPSA) is 83.8 Å². The van der Waals surface area contributed by atoms with Crippen LogP contribution in [0.4, 0.5) is 11.4 Å². The highest BCUT2D eigenvalue weighted by atomic mass is 32.2. The van der Waals surface area contributed by atoms with Gasteiger partial charge in [0.1, 0.15) is 5.69 Å². The van der Waals surface area contributed by atoms with Gasteiger partial charge in [-0.25, -0.2) is 8.42 Å². The van der Waals surface area contributed by atoms with Gasteiger partial charge in [0.25, 0.3) is 5.69 Å². The Morgan fingerprint density at radius 3 is 2.28 bits per heavy atom. The molecule has 2 atom stereocenters. The minimum Gasteiger partial charge on any atom is -0.366 e. The van der Waals surface area contributed by atoms with Crippen molar-refractivity contribution in [3.05, 3.63) is 28.3 Å². The van der Waals surface area contributed by atoms with Gasteiger partial charge in [0.15, 0.2) is 0 Å². The van der Waals surface area contributed by atoms with Crippen LogP contribution in [0.5, 0.6) is 0 Å². The molecule has 1 aromatic rings. The van der Waals surface area contributed by atoms with E-state index >= 15 is 0 Å². The molecule has 0 radical (unpaired) electrons. The molecular weight excluding hydrogens is 342 g/mol. The molecule has 0 bridgehead atoms. The van der Waals surface area contributed by atoms with E-state index < -0.39 is 14.9 Å². The zero-order valence-electron chi connectivity index (χ0n) is 14.7. The zero-order chi connectivity index (χ0) is 18.2. The summed E-state index contributed by atoms with van der Waals surface area (Å²) in [5, 5.41) is 11.5. The van der Waals surface area contributed by atoms with Crippen LogP contribution in [0.1, 0.15) is 33.1 Å². The third kappa shape index (κ3) is 3.64. The summed E-state index contributed by atoms with van der Waals surface area (Å²) in [5.74, 6) is 0.578. The average Bonchev–Trinajstić information content (AvgIpc) is 3.07. The highest BCUT2D eigenvalue weighted by molar-refractivity contribution is 7.89. The quantitative estimate of drug-likeness (QED) is 0.603. The van der Waals surface area contributed by atoms with Gasteiger partial charge < -0.3 is 4.90 Å². The van der Waals surface area contributed by atoms with E-state index in [-0.39, 0.29) is 22.4 Å². The van der Waals surface area contributed by atoms with Crippen LogP contribution in [-0.4, -0.2) is 43.8 Å². The number of sulfonamides is 1. The number of nitrogens with zero attached hydrogens (tertiary/aromatic N) is 3. The summed E-state index contributed by atoms with van der Waals surface area (Å²) in [7, 11) is -3.71. The van der Waals surface area contributed by atoms with Gasteiger partial charge in [0, 0.05) is 32.2 Å². The third-order valence-electron chi connectivity index (χ3n) is 5.06. The molecule has 0 aromatic heterocycles. The molecule has 3 rings (SSSR count). The van der Waals surface area contributed by atoms with E-state index in [1.807, 2.05) is 18.7 Å². The van der Waals surface area contributed by atoms with Crippen LogP contribution in [0, 0.1) is 22.0 Å². The zero-order valence-corrected chi connectivity index (χ0v) is 15.5. The lowest BCUT2D eigenvalue weighted by Gasteiger charge is -2.34. The molecular formula is C17H25N3O4S. The van der Waals surface area contributed by atoms with E-state index in [9.17, 15) is 18.5 Å². The molecule has 0 spiro atoms. The van der Waals surface area contributed by atoms with Crippen LogP contribution in [-0.2, 0) is 10.0 Å². The fourth-order valence-corrected chi connectivity index (χ4v) is 5.69. The monoisotopic (exact) mass is 367 g/mol. The first kappa shape index (κ1) is 18.1. The minimum absolute atomic E-state index is 0.0171. The van der Waals surface area contributed by atoms with Crippen LogP contribution < -0.4 is 4.90 Å². The lowest BCUT2D eigenvalue weighted by Crippen LogP contribution is -2.42. The van der Waals surface area contributed by atoms with Gasteiger partial charge in [0.2, 0.25) is 10.0 Å². The first-order valence-electron chi connectivity index (χ1n) is 8.82. The second-order valence-corrected chi connectivity index (χ2v) is 9.31. The predicted molar refractivity (Wildman–Crippen MR) is 96.2 cm³/mol. The molecule has 0 amide bonds. The molecule has 25 heavy (non-hydrogen) atoms. The Morgan fingerprint density at radius 1 is 1.12 bits per heavy atom. The molecule has 2 saturated heterocycles. The predicted octanol–water partition coefficient (Wildman–Crippen LogP) is 2.86. The summed E-state index contributed by atoms with van der Waals surface area (Å²) in [6.45, 7) is 6.55. The fraction of sp³-hybridized carbons (Fsp3) is 0.647. The number of nitro benzene ring substituents is 1. The summed E-state index contributed by atoms with van der Waals surface area (Å²) in [6, 6.07) is 4.33. The molecule has 2 heterocycles. The van der Waals surface area contributed by atoms with Gasteiger partial charge in [-0.05, 0) is 43.2 Å². The van der Waals surface area contributed by atoms with Gasteiger partial charge in [0.05, 0.1) is 9.82 Å². The van der Waals surface area contributed by atoms with Crippen LogP contribution >= 0.6 is 0 Å². The molecule has 7 nitrogen and oxygen atoms in total. The largest absolute Gasteiger partial charge is 0.366 e. The Labute approximate surface area is 148 Å². The molecule has 2 aliphatic heterocycles. The second-order valence-electron chi connectivity index (χ2n) is 7.37. The minimum atomic E-state index is -3.71. The molecule has 0 saturated carbocycles. The maximum Gasteiger partial charge on any atom is 0.293 e. The summed E-state index contributed by atoms with van der Waals surface area (Å²) in [5.41, 5.74) is 0.392. The number of rotatable bonds is 4.